The summed E-state index contributed by atoms with van der Waals surface area (Å²) in [5.74, 6) is 1.85. The van der Waals surface area contributed by atoms with Crippen LogP contribution in [0.2, 0.25) is 0 Å². The number of halogens is 1. The number of H-pyrrole nitrogens is 1. The maximum Gasteiger partial charge on any atom is 0.174 e. The van der Waals surface area contributed by atoms with Gasteiger partial charge in [0.15, 0.2) is 11.5 Å². The van der Waals surface area contributed by atoms with E-state index in [1.807, 2.05) is 37.3 Å². The molecule has 0 bridgehead atoms. The van der Waals surface area contributed by atoms with Crippen molar-refractivity contribution >= 4 is 45.3 Å². The standard InChI is InChI=1S/C19H16IN3O2/c1-11-4-5-15-16(6-11)23-19(22-15)13(10-21)7-12-8-14(20)18(25-3)17(9-12)24-2/h4-9H,1-3H3,(H,22,23)/b13-7-. The number of hydrogen-bond acceptors (Lipinski definition) is 4. The highest BCUT2D eigenvalue weighted by Crippen LogP contribution is 2.34. The lowest BCUT2D eigenvalue weighted by atomic mass is 10.1. The molecule has 0 atom stereocenters. The topological polar surface area (TPSA) is 70.9 Å². The van der Waals surface area contributed by atoms with Gasteiger partial charge in [-0.05, 0) is 71.0 Å². The van der Waals surface area contributed by atoms with Crippen LogP contribution in [0.1, 0.15) is 17.0 Å². The Kier molecular flexibility index (Phi) is 4.95. The summed E-state index contributed by atoms with van der Waals surface area (Å²) in [5.41, 5.74) is 4.19. The molecule has 6 heteroatoms. The normalized spacial score (nSPS) is 11.4. The summed E-state index contributed by atoms with van der Waals surface area (Å²) >= 11 is 2.18. The molecule has 0 fully saturated rings. The molecular weight excluding hydrogens is 429 g/mol. The molecule has 0 unspecified atom stereocenters. The number of aromatic amines is 1. The van der Waals surface area contributed by atoms with Gasteiger partial charge in [0, 0.05) is 0 Å². The Morgan fingerprint density at radius 1 is 1.24 bits per heavy atom. The first-order valence-corrected chi connectivity index (χ1v) is 8.63. The number of allylic oxidation sites excluding steroid dienone is 1. The van der Waals surface area contributed by atoms with Crippen molar-refractivity contribution in [3.05, 3.63) is 50.9 Å². The predicted molar refractivity (Wildman–Crippen MR) is 107 cm³/mol. The van der Waals surface area contributed by atoms with E-state index < -0.39 is 0 Å². The number of methoxy groups -OCH3 is 2. The van der Waals surface area contributed by atoms with Gasteiger partial charge in [-0.2, -0.15) is 5.26 Å². The van der Waals surface area contributed by atoms with Crippen LogP contribution in [0.5, 0.6) is 11.5 Å². The number of aryl methyl sites for hydroxylation is 1. The average Bonchev–Trinajstić information content (AvgIpc) is 3.01. The maximum absolute atomic E-state index is 9.58. The van der Waals surface area contributed by atoms with Gasteiger partial charge >= 0.3 is 0 Å². The monoisotopic (exact) mass is 445 g/mol. The maximum atomic E-state index is 9.58. The van der Waals surface area contributed by atoms with Crippen LogP contribution < -0.4 is 9.47 Å². The summed E-state index contributed by atoms with van der Waals surface area (Å²) in [6, 6.07) is 12.0. The van der Waals surface area contributed by atoms with Crippen molar-refractivity contribution < 1.29 is 9.47 Å². The Labute approximate surface area is 159 Å². The number of imidazole rings is 1. The van der Waals surface area contributed by atoms with Crippen LogP contribution in [-0.2, 0) is 0 Å². The number of ether oxygens (including phenoxy) is 2. The highest BCUT2D eigenvalue weighted by Gasteiger charge is 2.12. The van der Waals surface area contributed by atoms with E-state index in [1.54, 1.807) is 20.3 Å². The van der Waals surface area contributed by atoms with Gasteiger partial charge in [0.2, 0.25) is 0 Å². The van der Waals surface area contributed by atoms with Gasteiger partial charge < -0.3 is 14.5 Å². The highest BCUT2D eigenvalue weighted by molar-refractivity contribution is 14.1. The number of nitriles is 1. The molecule has 1 aromatic heterocycles. The number of fused-ring (bicyclic) bond motifs is 1. The molecule has 3 rings (SSSR count). The summed E-state index contributed by atoms with van der Waals surface area (Å²) in [4.78, 5) is 7.73. The van der Waals surface area contributed by atoms with Crippen LogP contribution in [0.15, 0.2) is 30.3 Å². The molecule has 0 saturated heterocycles. The van der Waals surface area contributed by atoms with Gasteiger partial charge in [-0.15, -0.1) is 0 Å². The summed E-state index contributed by atoms with van der Waals surface area (Å²) in [6.07, 6.45) is 1.79. The Bertz CT molecular complexity index is 1020. The van der Waals surface area contributed by atoms with E-state index in [4.69, 9.17) is 9.47 Å². The summed E-state index contributed by atoms with van der Waals surface area (Å²) in [7, 11) is 3.20. The fraction of sp³-hybridized carbons (Fsp3) is 0.158. The quantitative estimate of drug-likeness (QED) is 0.472. The SMILES string of the molecule is COc1cc(/C=C(/C#N)c2nc3ccc(C)cc3[nH]2)cc(I)c1OC. The lowest BCUT2D eigenvalue weighted by Gasteiger charge is -2.10. The van der Waals surface area contributed by atoms with E-state index in [9.17, 15) is 5.26 Å². The number of aromatic nitrogens is 2. The van der Waals surface area contributed by atoms with E-state index in [1.165, 1.54) is 0 Å². The van der Waals surface area contributed by atoms with E-state index in [-0.39, 0.29) is 0 Å². The molecule has 0 radical (unpaired) electrons. The van der Waals surface area contributed by atoms with E-state index in [0.29, 0.717) is 22.9 Å². The highest BCUT2D eigenvalue weighted by atomic mass is 127. The molecule has 5 nitrogen and oxygen atoms in total. The van der Waals surface area contributed by atoms with E-state index in [0.717, 1.165) is 25.7 Å². The minimum absolute atomic E-state index is 0.455. The first kappa shape index (κ1) is 17.3. The second-order valence-corrected chi connectivity index (χ2v) is 6.68. The van der Waals surface area contributed by atoms with Crippen molar-refractivity contribution in [2.24, 2.45) is 0 Å². The predicted octanol–water partition coefficient (Wildman–Crippen LogP) is 4.56. The van der Waals surface area contributed by atoms with Gasteiger partial charge in [-0.3, -0.25) is 0 Å². The molecule has 2 aromatic carbocycles. The van der Waals surface area contributed by atoms with Gasteiger partial charge in [0.05, 0.1) is 34.4 Å². The van der Waals surface area contributed by atoms with Gasteiger partial charge in [-0.25, -0.2) is 4.98 Å². The Morgan fingerprint density at radius 3 is 2.72 bits per heavy atom. The first-order valence-electron chi connectivity index (χ1n) is 7.55. The molecule has 0 aliphatic heterocycles. The Balaban J connectivity index is 2.08. The van der Waals surface area contributed by atoms with Crippen molar-refractivity contribution in [2.45, 2.75) is 6.92 Å². The number of hydrogen-bond donors (Lipinski definition) is 1. The molecule has 1 N–H and O–H groups in total. The fourth-order valence-corrected chi connectivity index (χ4v) is 3.44. The first-order chi connectivity index (χ1) is 12.0. The number of nitrogens with zero attached hydrogens (tertiary/aromatic N) is 2. The minimum Gasteiger partial charge on any atom is -0.493 e. The average molecular weight is 445 g/mol. The molecule has 3 aromatic rings. The van der Waals surface area contributed by atoms with Crippen molar-refractivity contribution in [1.82, 2.24) is 9.97 Å². The Hall–Kier alpha value is -2.53. The van der Waals surface area contributed by atoms with Gasteiger partial charge in [0.25, 0.3) is 0 Å². The number of benzene rings is 2. The van der Waals surface area contributed by atoms with Gasteiger partial charge in [-0.1, -0.05) is 6.07 Å². The third-order valence-electron chi connectivity index (χ3n) is 3.78. The second kappa shape index (κ2) is 7.15. The summed E-state index contributed by atoms with van der Waals surface area (Å²) < 4.78 is 11.6. The van der Waals surface area contributed by atoms with Crippen LogP contribution in [-0.4, -0.2) is 24.2 Å². The lowest BCUT2D eigenvalue weighted by Crippen LogP contribution is -1.94. The van der Waals surface area contributed by atoms with Crippen LogP contribution in [0.3, 0.4) is 0 Å². The largest absolute Gasteiger partial charge is 0.493 e. The molecule has 0 saturated carbocycles. The van der Waals surface area contributed by atoms with Crippen molar-refractivity contribution in [3.63, 3.8) is 0 Å². The smallest absolute Gasteiger partial charge is 0.174 e. The van der Waals surface area contributed by atoms with Crippen LogP contribution in [0.25, 0.3) is 22.7 Å². The van der Waals surface area contributed by atoms with Crippen LogP contribution in [0, 0.1) is 21.8 Å². The molecule has 0 amide bonds. The molecule has 0 aliphatic rings. The fourth-order valence-electron chi connectivity index (χ4n) is 2.59. The van der Waals surface area contributed by atoms with Gasteiger partial charge in [0.1, 0.15) is 11.9 Å². The molecular formula is C19H16IN3O2. The van der Waals surface area contributed by atoms with Crippen LogP contribution in [0.4, 0.5) is 0 Å². The minimum atomic E-state index is 0.455. The summed E-state index contributed by atoms with van der Waals surface area (Å²) in [5, 5.41) is 9.58. The summed E-state index contributed by atoms with van der Waals surface area (Å²) in [6.45, 7) is 2.02. The zero-order valence-electron chi connectivity index (χ0n) is 14.1. The molecule has 126 valence electrons. The second-order valence-electron chi connectivity index (χ2n) is 5.51. The number of nitrogens with one attached hydrogen (secondary N) is 1. The van der Waals surface area contributed by atoms with Crippen LogP contribution >= 0.6 is 22.6 Å². The van der Waals surface area contributed by atoms with Crippen molar-refractivity contribution in [3.8, 4) is 17.6 Å². The van der Waals surface area contributed by atoms with E-state index >= 15 is 0 Å². The third-order valence-corrected chi connectivity index (χ3v) is 4.58. The molecule has 25 heavy (non-hydrogen) atoms. The van der Waals surface area contributed by atoms with Crippen molar-refractivity contribution in [1.29, 1.82) is 5.26 Å². The zero-order valence-corrected chi connectivity index (χ0v) is 16.2. The van der Waals surface area contributed by atoms with E-state index in [2.05, 4.69) is 38.6 Å². The van der Waals surface area contributed by atoms with Crippen molar-refractivity contribution in [2.75, 3.05) is 14.2 Å². The third kappa shape index (κ3) is 3.46. The molecule has 1 heterocycles. The lowest BCUT2D eigenvalue weighted by molar-refractivity contribution is 0.353. The molecule has 0 aliphatic carbocycles. The Morgan fingerprint density at radius 2 is 2.04 bits per heavy atom. The number of rotatable bonds is 4. The zero-order chi connectivity index (χ0) is 18.0. The molecule has 0 spiro atoms.